The maximum atomic E-state index is 13.4. The number of carbonyl (C=O) groups excluding carboxylic acids is 4. The zero-order valence-corrected chi connectivity index (χ0v) is 21.6. The number of hydrogen-bond acceptors (Lipinski definition) is 7. The number of aromatic amines is 1. The predicted molar refractivity (Wildman–Crippen MR) is 141 cm³/mol. The van der Waals surface area contributed by atoms with Crippen molar-refractivity contribution in [1.82, 2.24) is 20.9 Å². The standard InChI is InChI=1S/C24H34N6O6S/c1-12(2)20(23(34)29-18(11-37)24(35)36)30-22(33)17(28-21(32)15(25)7-8-19(26)31)9-13-10-27-16-6-4-3-5-14(13)16/h3-6,10,12,15,17-18,20,27,37H,7-9,11,25H2,1-2H3,(H2,26,31)(H,28,32)(H,29,34)(H,30,33)(H,35,36). The summed E-state index contributed by atoms with van der Waals surface area (Å²) in [7, 11) is 0. The van der Waals surface area contributed by atoms with Crippen molar-refractivity contribution in [1.29, 1.82) is 0 Å². The predicted octanol–water partition coefficient (Wildman–Crippen LogP) is -0.572. The van der Waals surface area contributed by atoms with E-state index in [1.807, 2.05) is 24.3 Å². The molecular weight excluding hydrogens is 500 g/mol. The molecule has 0 aliphatic carbocycles. The molecule has 13 heteroatoms. The number of nitrogens with two attached hydrogens (primary N) is 2. The van der Waals surface area contributed by atoms with Crippen LogP contribution in [0.5, 0.6) is 0 Å². The molecule has 0 aliphatic heterocycles. The first-order valence-corrected chi connectivity index (χ1v) is 12.4. The Bertz CT molecular complexity index is 1140. The van der Waals surface area contributed by atoms with Gasteiger partial charge in [0.15, 0.2) is 0 Å². The van der Waals surface area contributed by atoms with Crippen molar-refractivity contribution in [3.05, 3.63) is 36.0 Å². The SMILES string of the molecule is CC(C)C(NC(=O)C(Cc1c[nH]c2ccccc12)NC(=O)C(N)CCC(N)=O)C(=O)NC(CS)C(=O)O. The van der Waals surface area contributed by atoms with Crippen LogP contribution >= 0.6 is 12.6 Å². The van der Waals surface area contributed by atoms with Crippen LogP contribution < -0.4 is 27.4 Å². The molecule has 4 amide bonds. The zero-order chi connectivity index (χ0) is 27.7. The van der Waals surface area contributed by atoms with Crippen LogP contribution in [0.2, 0.25) is 0 Å². The molecule has 0 spiro atoms. The van der Waals surface area contributed by atoms with Crippen molar-refractivity contribution in [2.75, 3.05) is 5.75 Å². The number of primary amides is 1. The van der Waals surface area contributed by atoms with Crippen molar-refractivity contribution in [3.63, 3.8) is 0 Å². The maximum Gasteiger partial charge on any atom is 0.327 e. The third-order valence-corrected chi connectivity index (χ3v) is 6.18. The molecule has 1 aromatic heterocycles. The number of thiol groups is 1. The summed E-state index contributed by atoms with van der Waals surface area (Å²) in [6.07, 6.45) is 1.70. The molecule has 1 heterocycles. The minimum Gasteiger partial charge on any atom is -0.480 e. The Balaban J connectivity index is 2.27. The third-order valence-electron chi connectivity index (χ3n) is 5.81. The lowest BCUT2D eigenvalue weighted by Crippen LogP contribution is -2.59. The van der Waals surface area contributed by atoms with E-state index in [0.717, 1.165) is 16.5 Å². The molecule has 1 aromatic carbocycles. The van der Waals surface area contributed by atoms with Crippen LogP contribution in [0.15, 0.2) is 30.5 Å². The van der Waals surface area contributed by atoms with Gasteiger partial charge in [-0.15, -0.1) is 0 Å². The summed E-state index contributed by atoms with van der Waals surface area (Å²) in [6.45, 7) is 3.38. The largest absolute Gasteiger partial charge is 0.480 e. The average Bonchev–Trinajstić information content (AvgIpc) is 3.25. The molecule has 4 unspecified atom stereocenters. The summed E-state index contributed by atoms with van der Waals surface area (Å²) in [5.74, 6) is -4.42. The fraction of sp³-hybridized carbons (Fsp3) is 0.458. The van der Waals surface area contributed by atoms with Crippen molar-refractivity contribution in [3.8, 4) is 0 Å². The molecule has 0 aliphatic rings. The molecule has 0 saturated heterocycles. The lowest BCUT2D eigenvalue weighted by atomic mass is 10.00. The molecular formula is C24H34N6O6S. The molecule has 37 heavy (non-hydrogen) atoms. The number of H-pyrrole nitrogens is 1. The summed E-state index contributed by atoms with van der Waals surface area (Å²) >= 11 is 3.94. The lowest BCUT2D eigenvalue weighted by molar-refractivity contribution is -0.142. The number of nitrogens with one attached hydrogen (secondary N) is 4. The van der Waals surface area contributed by atoms with Crippen LogP contribution in [-0.2, 0) is 30.4 Å². The minimum absolute atomic E-state index is 0.0000787. The van der Waals surface area contributed by atoms with Crippen LogP contribution in [0, 0.1) is 5.92 Å². The second kappa shape index (κ2) is 13.7. The number of carboxylic acids is 1. The number of aliphatic carboxylic acids is 1. The number of amides is 4. The number of benzene rings is 1. The van der Waals surface area contributed by atoms with E-state index in [4.69, 9.17) is 11.5 Å². The highest BCUT2D eigenvalue weighted by Crippen LogP contribution is 2.19. The molecule has 9 N–H and O–H groups in total. The number of fused-ring (bicyclic) bond motifs is 1. The molecule has 202 valence electrons. The Labute approximate surface area is 219 Å². The summed E-state index contributed by atoms with van der Waals surface area (Å²) in [6, 6.07) is 2.90. The maximum absolute atomic E-state index is 13.4. The molecule has 0 radical (unpaired) electrons. The average molecular weight is 535 g/mol. The second-order valence-electron chi connectivity index (χ2n) is 9.05. The number of aromatic nitrogens is 1. The van der Waals surface area contributed by atoms with E-state index in [1.54, 1.807) is 20.0 Å². The van der Waals surface area contributed by atoms with Gasteiger partial charge in [-0.1, -0.05) is 32.0 Å². The van der Waals surface area contributed by atoms with Gasteiger partial charge >= 0.3 is 5.97 Å². The molecule has 12 nitrogen and oxygen atoms in total. The quantitative estimate of drug-likeness (QED) is 0.148. The van der Waals surface area contributed by atoms with Gasteiger partial charge in [-0.05, 0) is 24.0 Å². The van der Waals surface area contributed by atoms with Crippen molar-refractivity contribution in [2.45, 2.75) is 57.3 Å². The first-order chi connectivity index (χ1) is 17.4. The molecule has 0 fully saturated rings. The number of carbonyl (C=O) groups is 5. The number of rotatable bonds is 14. The summed E-state index contributed by atoms with van der Waals surface area (Å²) in [5, 5.41) is 17.7. The van der Waals surface area contributed by atoms with Gasteiger partial charge in [-0.2, -0.15) is 12.6 Å². The Kier molecular flexibility index (Phi) is 10.9. The van der Waals surface area contributed by atoms with Gasteiger partial charge in [0.1, 0.15) is 18.1 Å². The van der Waals surface area contributed by atoms with Crippen LogP contribution in [0.25, 0.3) is 10.9 Å². The normalized spacial score (nSPS) is 14.4. The molecule has 0 bridgehead atoms. The van der Waals surface area contributed by atoms with Gasteiger partial charge in [0.2, 0.25) is 23.6 Å². The summed E-state index contributed by atoms with van der Waals surface area (Å²) in [4.78, 5) is 64.4. The zero-order valence-electron chi connectivity index (χ0n) is 20.7. The smallest absolute Gasteiger partial charge is 0.327 e. The molecule has 4 atom stereocenters. The summed E-state index contributed by atoms with van der Waals surface area (Å²) in [5.41, 5.74) is 12.6. The summed E-state index contributed by atoms with van der Waals surface area (Å²) < 4.78 is 0. The van der Waals surface area contributed by atoms with Gasteiger partial charge in [0.05, 0.1) is 6.04 Å². The molecule has 0 saturated carbocycles. The van der Waals surface area contributed by atoms with E-state index in [-0.39, 0.29) is 25.0 Å². The van der Waals surface area contributed by atoms with E-state index in [1.165, 1.54) is 0 Å². The van der Waals surface area contributed by atoms with Crippen molar-refractivity contribution >= 4 is 53.1 Å². The van der Waals surface area contributed by atoms with Gasteiger partial charge in [0.25, 0.3) is 0 Å². The van der Waals surface area contributed by atoms with E-state index in [2.05, 4.69) is 33.6 Å². The Hall–Kier alpha value is -3.58. The van der Waals surface area contributed by atoms with E-state index in [9.17, 15) is 29.1 Å². The Morgan fingerprint density at radius 1 is 1.00 bits per heavy atom. The molecule has 2 rings (SSSR count). The first-order valence-electron chi connectivity index (χ1n) is 11.8. The number of carboxylic acid groups (broad SMARTS) is 1. The van der Waals surface area contributed by atoms with E-state index in [0.29, 0.717) is 0 Å². The minimum atomic E-state index is -1.26. The van der Waals surface area contributed by atoms with Gasteiger partial charge in [0, 0.05) is 35.7 Å². The van der Waals surface area contributed by atoms with E-state index >= 15 is 0 Å². The Morgan fingerprint density at radius 3 is 2.24 bits per heavy atom. The van der Waals surface area contributed by atoms with Crippen molar-refractivity contribution < 1.29 is 29.1 Å². The first kappa shape index (κ1) is 29.6. The monoisotopic (exact) mass is 534 g/mol. The Morgan fingerprint density at radius 2 is 1.65 bits per heavy atom. The fourth-order valence-corrected chi connectivity index (χ4v) is 3.92. The van der Waals surface area contributed by atoms with Crippen LogP contribution in [-0.4, -0.2) is 69.6 Å². The van der Waals surface area contributed by atoms with Gasteiger partial charge in [-0.25, -0.2) is 4.79 Å². The van der Waals surface area contributed by atoms with E-state index < -0.39 is 59.7 Å². The number of hydrogen-bond donors (Lipinski definition) is 8. The van der Waals surface area contributed by atoms with Crippen LogP contribution in [0.4, 0.5) is 0 Å². The van der Waals surface area contributed by atoms with Gasteiger partial charge < -0.3 is 37.5 Å². The van der Waals surface area contributed by atoms with Crippen molar-refractivity contribution in [2.24, 2.45) is 17.4 Å². The lowest BCUT2D eigenvalue weighted by Gasteiger charge is -2.27. The molecule has 2 aromatic rings. The topological polar surface area (TPSA) is 209 Å². The highest BCUT2D eigenvalue weighted by molar-refractivity contribution is 7.80. The van der Waals surface area contributed by atoms with Gasteiger partial charge in [-0.3, -0.25) is 19.2 Å². The number of para-hydroxylation sites is 1. The van der Waals surface area contributed by atoms with Crippen LogP contribution in [0.1, 0.15) is 32.3 Å². The third kappa shape index (κ3) is 8.50. The highest BCUT2D eigenvalue weighted by atomic mass is 32.1. The highest BCUT2D eigenvalue weighted by Gasteiger charge is 2.32. The second-order valence-corrected chi connectivity index (χ2v) is 9.41. The fourth-order valence-electron chi connectivity index (χ4n) is 3.67. The van der Waals surface area contributed by atoms with Crippen LogP contribution in [0.3, 0.4) is 0 Å².